The average Bonchev–Trinajstić information content (AvgIpc) is 2.78. The molecule has 0 bridgehead atoms. The van der Waals surface area contributed by atoms with Crippen LogP contribution in [-0.2, 0) is 5.75 Å². The van der Waals surface area contributed by atoms with Crippen LogP contribution >= 0.6 is 23.3 Å². The molecule has 5 heteroatoms. The summed E-state index contributed by atoms with van der Waals surface area (Å²) >= 11 is 2.59. The highest BCUT2D eigenvalue weighted by Crippen LogP contribution is 2.18. The van der Waals surface area contributed by atoms with E-state index in [0.717, 1.165) is 16.1 Å². The second-order valence-corrected chi connectivity index (χ2v) is 5.09. The SMILES string of the molecule is Cc1cccc(C(=O)SCc2ncns2)c1. The lowest BCUT2D eigenvalue weighted by Gasteiger charge is -1.99. The van der Waals surface area contributed by atoms with Gasteiger partial charge in [0.2, 0.25) is 5.12 Å². The second-order valence-electron chi connectivity index (χ2n) is 3.28. The van der Waals surface area contributed by atoms with Crippen molar-refractivity contribution in [2.75, 3.05) is 0 Å². The molecule has 2 rings (SSSR count). The standard InChI is InChI=1S/C11H10N2OS2/c1-8-3-2-4-9(5-8)11(14)15-6-10-12-7-13-16-10/h2-5,7H,6H2,1H3. The van der Waals surface area contributed by atoms with Crippen molar-refractivity contribution < 1.29 is 4.79 Å². The minimum atomic E-state index is 0.0823. The molecule has 1 heterocycles. The number of carbonyl (C=O) groups excluding carboxylic acids is 1. The molecule has 3 nitrogen and oxygen atoms in total. The molecule has 0 aliphatic carbocycles. The minimum Gasteiger partial charge on any atom is -0.282 e. The van der Waals surface area contributed by atoms with E-state index in [0.29, 0.717) is 5.75 Å². The van der Waals surface area contributed by atoms with E-state index >= 15 is 0 Å². The molecule has 0 atom stereocenters. The highest BCUT2D eigenvalue weighted by molar-refractivity contribution is 8.13. The van der Waals surface area contributed by atoms with Crippen LogP contribution in [0.5, 0.6) is 0 Å². The maximum atomic E-state index is 11.8. The first kappa shape index (κ1) is 11.3. The number of nitrogens with zero attached hydrogens (tertiary/aromatic N) is 2. The Morgan fingerprint density at radius 3 is 3.06 bits per heavy atom. The molecule has 16 heavy (non-hydrogen) atoms. The number of aryl methyl sites for hydroxylation is 1. The molecule has 0 fully saturated rings. The van der Waals surface area contributed by atoms with Gasteiger partial charge < -0.3 is 0 Å². The number of rotatable bonds is 3. The Morgan fingerprint density at radius 1 is 1.50 bits per heavy atom. The van der Waals surface area contributed by atoms with Gasteiger partial charge in [0, 0.05) is 5.56 Å². The van der Waals surface area contributed by atoms with Gasteiger partial charge in [-0.1, -0.05) is 35.5 Å². The van der Waals surface area contributed by atoms with E-state index in [2.05, 4.69) is 9.36 Å². The minimum absolute atomic E-state index is 0.0823. The molecular weight excluding hydrogens is 240 g/mol. The molecule has 1 aromatic carbocycles. The average molecular weight is 250 g/mol. The maximum Gasteiger partial charge on any atom is 0.219 e. The van der Waals surface area contributed by atoms with Crippen molar-refractivity contribution in [2.45, 2.75) is 12.7 Å². The molecule has 2 aromatic rings. The van der Waals surface area contributed by atoms with Gasteiger partial charge in [-0.05, 0) is 24.5 Å². The normalized spacial score (nSPS) is 10.3. The monoisotopic (exact) mass is 250 g/mol. The van der Waals surface area contributed by atoms with Crippen LogP contribution in [0.25, 0.3) is 0 Å². The lowest BCUT2D eigenvalue weighted by atomic mass is 10.2. The zero-order valence-electron chi connectivity index (χ0n) is 8.71. The molecule has 82 valence electrons. The van der Waals surface area contributed by atoms with Gasteiger partial charge >= 0.3 is 0 Å². The summed E-state index contributed by atoms with van der Waals surface area (Å²) in [5.74, 6) is 0.595. The number of thioether (sulfide) groups is 1. The van der Waals surface area contributed by atoms with Crippen LogP contribution in [0.3, 0.4) is 0 Å². The predicted molar refractivity (Wildman–Crippen MR) is 66.7 cm³/mol. The Kier molecular flexibility index (Phi) is 3.69. The largest absolute Gasteiger partial charge is 0.282 e. The Balaban J connectivity index is 1.98. The summed E-state index contributed by atoms with van der Waals surface area (Å²) in [7, 11) is 0. The van der Waals surface area contributed by atoms with Crippen LogP contribution < -0.4 is 0 Å². The van der Waals surface area contributed by atoms with Gasteiger partial charge in [0.25, 0.3) is 0 Å². The highest BCUT2D eigenvalue weighted by atomic mass is 32.2. The quantitative estimate of drug-likeness (QED) is 0.840. The molecule has 0 unspecified atom stereocenters. The van der Waals surface area contributed by atoms with Gasteiger partial charge in [-0.15, -0.1) is 0 Å². The van der Waals surface area contributed by atoms with E-state index < -0.39 is 0 Å². The predicted octanol–water partition coefficient (Wildman–Crippen LogP) is 2.92. The summed E-state index contributed by atoms with van der Waals surface area (Å²) in [6, 6.07) is 7.61. The number of carbonyl (C=O) groups is 1. The third kappa shape index (κ3) is 2.90. The number of aromatic nitrogens is 2. The first-order chi connectivity index (χ1) is 7.75. The van der Waals surface area contributed by atoms with E-state index in [1.54, 1.807) is 0 Å². The van der Waals surface area contributed by atoms with E-state index in [1.165, 1.54) is 29.6 Å². The van der Waals surface area contributed by atoms with Crippen molar-refractivity contribution in [1.29, 1.82) is 0 Å². The summed E-state index contributed by atoms with van der Waals surface area (Å²) in [6.07, 6.45) is 1.51. The smallest absolute Gasteiger partial charge is 0.219 e. The van der Waals surface area contributed by atoms with Crippen molar-refractivity contribution in [3.63, 3.8) is 0 Å². The number of hydrogen-bond acceptors (Lipinski definition) is 5. The molecule has 1 aromatic heterocycles. The molecule has 0 saturated heterocycles. The fraction of sp³-hybridized carbons (Fsp3) is 0.182. The molecule has 0 aliphatic heterocycles. The molecule has 0 amide bonds. The summed E-state index contributed by atoms with van der Waals surface area (Å²) in [5, 5.41) is 0.963. The van der Waals surface area contributed by atoms with Crippen molar-refractivity contribution in [2.24, 2.45) is 0 Å². The third-order valence-corrected chi connectivity index (χ3v) is 3.75. The van der Waals surface area contributed by atoms with Crippen LogP contribution in [0, 0.1) is 6.92 Å². The molecule has 0 aliphatic rings. The third-order valence-electron chi connectivity index (χ3n) is 1.99. The first-order valence-corrected chi connectivity index (χ1v) is 6.51. The molecule has 0 N–H and O–H groups in total. The van der Waals surface area contributed by atoms with Crippen molar-refractivity contribution >= 4 is 28.4 Å². The Bertz CT molecular complexity index is 482. The topological polar surface area (TPSA) is 42.9 Å². The van der Waals surface area contributed by atoms with Gasteiger partial charge in [0.05, 0.1) is 5.75 Å². The summed E-state index contributed by atoms with van der Waals surface area (Å²) in [4.78, 5) is 15.8. The van der Waals surface area contributed by atoms with Crippen molar-refractivity contribution in [3.8, 4) is 0 Å². The van der Waals surface area contributed by atoms with Gasteiger partial charge in [0.15, 0.2) is 0 Å². The zero-order chi connectivity index (χ0) is 11.4. The summed E-state index contributed by atoms with van der Waals surface area (Å²) < 4.78 is 3.89. The first-order valence-electron chi connectivity index (χ1n) is 4.75. The Morgan fingerprint density at radius 2 is 2.38 bits per heavy atom. The van der Waals surface area contributed by atoms with Crippen molar-refractivity contribution in [1.82, 2.24) is 9.36 Å². The highest BCUT2D eigenvalue weighted by Gasteiger charge is 2.08. The van der Waals surface area contributed by atoms with E-state index in [4.69, 9.17) is 0 Å². The zero-order valence-corrected chi connectivity index (χ0v) is 10.3. The Labute approximate surface area is 102 Å². The van der Waals surface area contributed by atoms with E-state index in [1.807, 2.05) is 31.2 Å². The van der Waals surface area contributed by atoms with E-state index in [9.17, 15) is 4.79 Å². The van der Waals surface area contributed by atoms with Gasteiger partial charge in [-0.2, -0.15) is 4.37 Å². The maximum absolute atomic E-state index is 11.8. The molecule has 0 spiro atoms. The van der Waals surface area contributed by atoms with Crippen molar-refractivity contribution in [3.05, 3.63) is 46.7 Å². The fourth-order valence-electron chi connectivity index (χ4n) is 1.24. The fourth-order valence-corrected chi connectivity index (χ4v) is 2.56. The van der Waals surface area contributed by atoms with Crippen LogP contribution in [0.15, 0.2) is 30.6 Å². The summed E-state index contributed by atoms with van der Waals surface area (Å²) in [5.41, 5.74) is 1.84. The van der Waals surface area contributed by atoms with Gasteiger partial charge in [-0.3, -0.25) is 4.79 Å². The van der Waals surface area contributed by atoms with Crippen LogP contribution in [0.1, 0.15) is 20.9 Å². The van der Waals surface area contributed by atoms with Crippen LogP contribution in [0.2, 0.25) is 0 Å². The molecule has 0 saturated carbocycles. The lowest BCUT2D eigenvalue weighted by Crippen LogP contribution is -1.94. The number of benzene rings is 1. The van der Waals surface area contributed by atoms with Crippen LogP contribution in [0.4, 0.5) is 0 Å². The second kappa shape index (κ2) is 5.23. The molecule has 0 radical (unpaired) electrons. The van der Waals surface area contributed by atoms with E-state index in [-0.39, 0.29) is 5.12 Å². The lowest BCUT2D eigenvalue weighted by molar-refractivity contribution is 0.108. The molecular formula is C11H10N2OS2. The van der Waals surface area contributed by atoms with Crippen LogP contribution in [-0.4, -0.2) is 14.5 Å². The number of hydrogen-bond donors (Lipinski definition) is 0. The van der Waals surface area contributed by atoms with Gasteiger partial charge in [-0.25, -0.2) is 4.98 Å². The summed E-state index contributed by atoms with van der Waals surface area (Å²) in [6.45, 7) is 1.98. The van der Waals surface area contributed by atoms with Gasteiger partial charge in [0.1, 0.15) is 11.3 Å². The Hall–Kier alpha value is -1.20.